The number of carbonyl (C=O) groups is 1. The number of nitrogens with zero attached hydrogens (tertiary/aromatic N) is 3. The average molecular weight is 458 g/mol. The van der Waals surface area contributed by atoms with Crippen molar-refractivity contribution in [2.24, 2.45) is 0 Å². The van der Waals surface area contributed by atoms with Crippen molar-refractivity contribution in [1.82, 2.24) is 20.2 Å². The Balaban J connectivity index is 1.48. The van der Waals surface area contributed by atoms with Gasteiger partial charge in [0.15, 0.2) is 0 Å². The lowest BCUT2D eigenvalue weighted by atomic mass is 9.91. The third-order valence-corrected chi connectivity index (χ3v) is 7.15. The van der Waals surface area contributed by atoms with Gasteiger partial charge in [0, 0.05) is 43.9 Å². The molecule has 1 aliphatic carbocycles. The largest absolute Gasteiger partial charge is 0.383 e. The Morgan fingerprint density at radius 1 is 1.22 bits per heavy atom. The van der Waals surface area contributed by atoms with Gasteiger partial charge >= 0.3 is 0 Å². The van der Waals surface area contributed by atoms with Crippen molar-refractivity contribution >= 4 is 23.5 Å². The molecule has 1 amide bonds. The van der Waals surface area contributed by atoms with Gasteiger partial charge in [0.2, 0.25) is 5.95 Å². The predicted octanol–water partition coefficient (Wildman–Crippen LogP) is 4.08. The summed E-state index contributed by atoms with van der Waals surface area (Å²) in [5, 5.41) is 7.54. The van der Waals surface area contributed by atoms with E-state index in [-0.39, 0.29) is 11.4 Å². The molecule has 8 heteroatoms. The fraction of sp³-hybridized carbons (Fsp3) is 0.542. The standard InChI is InChI=1S/C24H32ClN5O2/c1-24(2)19-13-15(5-10-18(19)22(31)30(24)3)21-20(25)14-27-23(29-21)28-17-8-6-16(7-9-17)26-11-12-32-4/h5,10,13-14,16-17,26H,6-9,11-12H2,1-4H3,(H,27,28,29). The third-order valence-electron chi connectivity index (χ3n) is 6.87. The Morgan fingerprint density at radius 2 is 1.94 bits per heavy atom. The fourth-order valence-corrected chi connectivity index (χ4v) is 4.83. The topological polar surface area (TPSA) is 79.4 Å². The average Bonchev–Trinajstić information content (AvgIpc) is 2.96. The second kappa shape index (κ2) is 9.33. The van der Waals surface area contributed by atoms with Crippen molar-refractivity contribution in [3.05, 3.63) is 40.5 Å². The van der Waals surface area contributed by atoms with Crippen molar-refractivity contribution < 1.29 is 9.53 Å². The SMILES string of the molecule is COCCNC1CCC(Nc2ncc(Cl)c(-c3ccc4c(c3)C(C)(C)N(C)C4=O)n2)CC1. The van der Waals surface area contributed by atoms with Gasteiger partial charge < -0.3 is 20.3 Å². The van der Waals surface area contributed by atoms with E-state index in [2.05, 4.69) is 29.5 Å². The van der Waals surface area contributed by atoms with Gasteiger partial charge in [-0.05, 0) is 57.2 Å². The molecular weight excluding hydrogens is 426 g/mol. The Hall–Kier alpha value is -2.22. The second-order valence-corrected chi connectivity index (χ2v) is 9.62. The van der Waals surface area contributed by atoms with E-state index in [1.807, 2.05) is 25.2 Å². The Labute approximate surface area is 194 Å². The van der Waals surface area contributed by atoms with Crippen LogP contribution < -0.4 is 10.6 Å². The smallest absolute Gasteiger partial charge is 0.254 e. The Bertz CT molecular complexity index is 988. The lowest BCUT2D eigenvalue weighted by Crippen LogP contribution is -2.38. The van der Waals surface area contributed by atoms with E-state index >= 15 is 0 Å². The molecule has 2 aliphatic rings. The number of fused-ring (bicyclic) bond motifs is 1. The van der Waals surface area contributed by atoms with Crippen LogP contribution in [0.1, 0.15) is 55.5 Å². The van der Waals surface area contributed by atoms with Crippen molar-refractivity contribution in [2.45, 2.75) is 57.2 Å². The zero-order valence-electron chi connectivity index (χ0n) is 19.2. The molecule has 0 unspecified atom stereocenters. The van der Waals surface area contributed by atoms with E-state index in [4.69, 9.17) is 21.3 Å². The van der Waals surface area contributed by atoms with E-state index in [1.54, 1.807) is 18.2 Å². The molecule has 2 aromatic rings. The first-order valence-corrected chi connectivity index (χ1v) is 11.6. The molecule has 2 N–H and O–H groups in total. The maximum atomic E-state index is 12.6. The van der Waals surface area contributed by atoms with Crippen LogP contribution in [0.25, 0.3) is 11.3 Å². The predicted molar refractivity (Wildman–Crippen MR) is 127 cm³/mol. The molecule has 0 radical (unpaired) electrons. The highest BCUT2D eigenvalue weighted by atomic mass is 35.5. The number of methoxy groups -OCH3 is 1. The summed E-state index contributed by atoms with van der Waals surface area (Å²) in [5.41, 5.74) is 2.92. The number of benzene rings is 1. The van der Waals surface area contributed by atoms with E-state index in [0.717, 1.165) is 55.5 Å². The number of anilines is 1. The second-order valence-electron chi connectivity index (χ2n) is 9.21. The molecular formula is C24H32ClN5O2. The first-order valence-electron chi connectivity index (χ1n) is 11.3. The summed E-state index contributed by atoms with van der Waals surface area (Å²) in [6.07, 6.45) is 6.01. The molecule has 32 heavy (non-hydrogen) atoms. The lowest BCUT2D eigenvalue weighted by molar-refractivity contribution is 0.0691. The van der Waals surface area contributed by atoms with Crippen LogP contribution in [0.2, 0.25) is 5.02 Å². The number of amides is 1. The Kier molecular flexibility index (Phi) is 6.70. The summed E-state index contributed by atoms with van der Waals surface area (Å²) in [4.78, 5) is 23.5. The minimum absolute atomic E-state index is 0.0417. The van der Waals surface area contributed by atoms with Crippen LogP contribution in [0.5, 0.6) is 0 Å². The molecule has 7 nitrogen and oxygen atoms in total. The molecule has 0 bridgehead atoms. The Morgan fingerprint density at radius 3 is 2.66 bits per heavy atom. The summed E-state index contributed by atoms with van der Waals surface area (Å²) in [7, 11) is 3.56. The number of aromatic nitrogens is 2. The third kappa shape index (κ3) is 4.47. The monoisotopic (exact) mass is 457 g/mol. The molecule has 0 spiro atoms. The van der Waals surface area contributed by atoms with Crippen LogP contribution in [0, 0.1) is 0 Å². The molecule has 0 atom stereocenters. The van der Waals surface area contributed by atoms with Crippen LogP contribution in [-0.2, 0) is 10.3 Å². The summed E-state index contributed by atoms with van der Waals surface area (Å²) in [6.45, 7) is 5.73. The minimum atomic E-state index is -0.376. The fourth-order valence-electron chi connectivity index (χ4n) is 4.63. The number of rotatable bonds is 7. The highest BCUT2D eigenvalue weighted by Gasteiger charge is 2.40. The van der Waals surface area contributed by atoms with Crippen molar-refractivity contribution in [3.63, 3.8) is 0 Å². The number of ether oxygens (including phenoxy) is 1. The van der Waals surface area contributed by atoms with Crippen molar-refractivity contribution in [1.29, 1.82) is 0 Å². The summed E-state index contributed by atoms with van der Waals surface area (Å²) in [6, 6.07) is 6.71. The van der Waals surface area contributed by atoms with Gasteiger partial charge in [-0.25, -0.2) is 9.97 Å². The van der Waals surface area contributed by atoms with Gasteiger partial charge in [-0.1, -0.05) is 17.7 Å². The molecule has 1 aliphatic heterocycles. The zero-order chi connectivity index (χ0) is 22.9. The van der Waals surface area contributed by atoms with E-state index in [1.165, 1.54) is 0 Å². The quantitative estimate of drug-likeness (QED) is 0.610. The lowest BCUT2D eigenvalue weighted by Gasteiger charge is -2.30. The van der Waals surface area contributed by atoms with Crippen LogP contribution in [-0.4, -0.2) is 60.2 Å². The summed E-state index contributed by atoms with van der Waals surface area (Å²) >= 11 is 6.48. The van der Waals surface area contributed by atoms with Crippen LogP contribution in [0.15, 0.2) is 24.4 Å². The molecule has 2 heterocycles. The van der Waals surface area contributed by atoms with Crippen LogP contribution in [0.3, 0.4) is 0 Å². The van der Waals surface area contributed by atoms with E-state index < -0.39 is 0 Å². The van der Waals surface area contributed by atoms with Gasteiger partial charge in [-0.3, -0.25) is 4.79 Å². The van der Waals surface area contributed by atoms with Crippen LogP contribution >= 0.6 is 11.6 Å². The highest BCUT2D eigenvalue weighted by molar-refractivity contribution is 6.32. The highest BCUT2D eigenvalue weighted by Crippen LogP contribution is 2.40. The number of halogens is 1. The molecule has 0 saturated heterocycles. The molecule has 1 aromatic heterocycles. The maximum absolute atomic E-state index is 12.6. The molecule has 1 aromatic carbocycles. The molecule has 1 fully saturated rings. The molecule has 172 valence electrons. The maximum Gasteiger partial charge on any atom is 0.254 e. The van der Waals surface area contributed by atoms with Gasteiger partial charge in [-0.2, -0.15) is 0 Å². The number of nitrogens with one attached hydrogen (secondary N) is 2. The van der Waals surface area contributed by atoms with Crippen LogP contribution in [0.4, 0.5) is 5.95 Å². The summed E-state index contributed by atoms with van der Waals surface area (Å²) in [5.74, 6) is 0.633. The molecule has 1 saturated carbocycles. The van der Waals surface area contributed by atoms with E-state index in [9.17, 15) is 4.79 Å². The minimum Gasteiger partial charge on any atom is -0.383 e. The summed E-state index contributed by atoms with van der Waals surface area (Å²) < 4.78 is 5.12. The van der Waals surface area contributed by atoms with Crippen molar-refractivity contribution in [3.8, 4) is 11.3 Å². The zero-order valence-corrected chi connectivity index (χ0v) is 20.0. The van der Waals surface area contributed by atoms with Gasteiger partial charge in [0.05, 0.1) is 29.1 Å². The van der Waals surface area contributed by atoms with Crippen molar-refractivity contribution in [2.75, 3.05) is 32.6 Å². The normalized spacial score (nSPS) is 22.2. The first-order chi connectivity index (χ1) is 15.3. The molecule has 4 rings (SSSR count). The number of hydrogen-bond acceptors (Lipinski definition) is 6. The number of hydrogen-bond donors (Lipinski definition) is 2. The van der Waals surface area contributed by atoms with E-state index in [0.29, 0.717) is 28.7 Å². The first kappa shape index (κ1) is 23.0. The van der Waals surface area contributed by atoms with Gasteiger partial charge in [0.1, 0.15) is 0 Å². The van der Waals surface area contributed by atoms with Gasteiger partial charge in [-0.15, -0.1) is 0 Å². The van der Waals surface area contributed by atoms with Gasteiger partial charge in [0.25, 0.3) is 5.91 Å². The number of carbonyl (C=O) groups excluding carboxylic acids is 1.